The summed E-state index contributed by atoms with van der Waals surface area (Å²) in [6, 6.07) is 17.3. The van der Waals surface area contributed by atoms with E-state index >= 15 is 0 Å². The van der Waals surface area contributed by atoms with Crippen LogP contribution in [0, 0.1) is 0 Å². The third kappa shape index (κ3) is 2.11. The molecule has 0 aromatic heterocycles. The van der Waals surface area contributed by atoms with Gasteiger partial charge in [0.2, 0.25) is 0 Å². The van der Waals surface area contributed by atoms with Crippen LogP contribution in [-0.2, 0) is 0 Å². The van der Waals surface area contributed by atoms with Crippen LogP contribution < -0.4 is 5.32 Å². The van der Waals surface area contributed by atoms with Crippen LogP contribution in [0.25, 0.3) is 0 Å². The number of hydrogen-bond donors (Lipinski definition) is 1. The molecule has 0 aliphatic carbocycles. The second-order valence-corrected chi connectivity index (χ2v) is 5.41. The molecule has 0 saturated heterocycles. The maximum atomic E-state index is 6.14. The summed E-state index contributed by atoms with van der Waals surface area (Å²) in [5.41, 5.74) is 3.90. The molecule has 1 heterocycles. The van der Waals surface area contributed by atoms with Gasteiger partial charge in [0.1, 0.15) is 0 Å². The molecule has 1 aliphatic heterocycles. The smallest absolute Gasteiger partial charge is 0.0410 e. The van der Waals surface area contributed by atoms with Crippen molar-refractivity contribution >= 4 is 17.3 Å². The molecule has 0 amide bonds. The summed E-state index contributed by atoms with van der Waals surface area (Å²) in [6.45, 7) is 2.23. The number of anilines is 1. The van der Waals surface area contributed by atoms with Crippen LogP contribution in [-0.4, -0.2) is 6.04 Å². The molecule has 2 aromatic carbocycles. The van der Waals surface area contributed by atoms with Crippen molar-refractivity contribution < 1.29 is 0 Å². The molecule has 0 saturated carbocycles. The Morgan fingerprint density at radius 2 is 1.89 bits per heavy atom. The summed E-state index contributed by atoms with van der Waals surface area (Å²) >= 11 is 6.14. The molecular formula is C16H16ClN. The van der Waals surface area contributed by atoms with E-state index in [-0.39, 0.29) is 0 Å². The highest BCUT2D eigenvalue weighted by Crippen LogP contribution is 2.39. The largest absolute Gasteiger partial charge is 0.382 e. The molecule has 1 nitrogen and oxygen atoms in total. The van der Waals surface area contributed by atoms with Crippen LogP contribution in [0.15, 0.2) is 48.5 Å². The van der Waals surface area contributed by atoms with Crippen LogP contribution in [0.5, 0.6) is 0 Å². The Morgan fingerprint density at radius 1 is 1.11 bits per heavy atom. The predicted molar refractivity (Wildman–Crippen MR) is 77.4 cm³/mol. The Hall–Kier alpha value is -1.47. The lowest BCUT2D eigenvalue weighted by Crippen LogP contribution is -2.25. The molecule has 3 rings (SSSR count). The summed E-state index contributed by atoms with van der Waals surface area (Å²) in [5, 5.41) is 4.34. The van der Waals surface area contributed by atoms with Crippen molar-refractivity contribution in [3.8, 4) is 0 Å². The van der Waals surface area contributed by atoms with Gasteiger partial charge in [-0.1, -0.05) is 41.9 Å². The van der Waals surface area contributed by atoms with E-state index in [2.05, 4.69) is 54.7 Å². The lowest BCUT2D eigenvalue weighted by Gasteiger charge is -2.32. The Kier molecular flexibility index (Phi) is 3.00. The highest BCUT2D eigenvalue weighted by molar-refractivity contribution is 6.30. The normalized spacial score (nSPS) is 22.1. The Morgan fingerprint density at radius 3 is 2.67 bits per heavy atom. The van der Waals surface area contributed by atoms with Crippen molar-refractivity contribution in [3.05, 3.63) is 64.7 Å². The number of halogens is 1. The SMILES string of the molecule is CC1CC(c2ccccc2)c2cc(Cl)ccc2N1. The molecular weight excluding hydrogens is 242 g/mol. The van der Waals surface area contributed by atoms with Crippen molar-refractivity contribution in [1.82, 2.24) is 0 Å². The van der Waals surface area contributed by atoms with Gasteiger partial charge in [0.05, 0.1) is 0 Å². The van der Waals surface area contributed by atoms with Gasteiger partial charge in [0.25, 0.3) is 0 Å². The minimum absolute atomic E-state index is 0.441. The van der Waals surface area contributed by atoms with Crippen molar-refractivity contribution in [2.24, 2.45) is 0 Å². The predicted octanol–water partition coefficient (Wildman–Crippen LogP) is 4.68. The van der Waals surface area contributed by atoms with Gasteiger partial charge in [0.15, 0.2) is 0 Å². The van der Waals surface area contributed by atoms with Gasteiger partial charge in [-0.15, -0.1) is 0 Å². The monoisotopic (exact) mass is 257 g/mol. The van der Waals surface area contributed by atoms with Crippen molar-refractivity contribution in [2.75, 3.05) is 5.32 Å². The highest BCUT2D eigenvalue weighted by Gasteiger charge is 2.25. The van der Waals surface area contributed by atoms with E-state index in [0.717, 1.165) is 11.4 Å². The first-order chi connectivity index (χ1) is 8.74. The fourth-order valence-corrected chi connectivity index (χ4v) is 2.94. The van der Waals surface area contributed by atoms with Gasteiger partial charge >= 0.3 is 0 Å². The Bertz CT molecular complexity index is 550. The zero-order valence-corrected chi connectivity index (χ0v) is 11.1. The summed E-state index contributed by atoms with van der Waals surface area (Å²) in [4.78, 5) is 0. The van der Waals surface area contributed by atoms with Crippen molar-refractivity contribution in [3.63, 3.8) is 0 Å². The average Bonchev–Trinajstić information content (AvgIpc) is 2.39. The fraction of sp³-hybridized carbons (Fsp3) is 0.250. The van der Waals surface area contributed by atoms with Crippen LogP contribution >= 0.6 is 11.6 Å². The number of fused-ring (bicyclic) bond motifs is 1. The van der Waals surface area contributed by atoms with Crippen LogP contribution in [0.2, 0.25) is 5.02 Å². The van der Waals surface area contributed by atoms with E-state index in [4.69, 9.17) is 11.6 Å². The lowest BCUT2D eigenvalue weighted by atomic mass is 9.82. The minimum atomic E-state index is 0.441. The maximum Gasteiger partial charge on any atom is 0.0410 e. The topological polar surface area (TPSA) is 12.0 Å². The molecule has 1 N–H and O–H groups in total. The first-order valence-corrected chi connectivity index (χ1v) is 6.73. The van der Waals surface area contributed by atoms with E-state index in [1.54, 1.807) is 0 Å². The third-order valence-corrected chi connectivity index (χ3v) is 3.82. The second-order valence-electron chi connectivity index (χ2n) is 4.98. The van der Waals surface area contributed by atoms with Gasteiger partial charge in [0, 0.05) is 22.7 Å². The molecule has 2 atom stereocenters. The minimum Gasteiger partial charge on any atom is -0.382 e. The summed E-state index contributed by atoms with van der Waals surface area (Å²) < 4.78 is 0. The van der Waals surface area contributed by atoms with Gasteiger partial charge in [-0.25, -0.2) is 0 Å². The van der Waals surface area contributed by atoms with Crippen LogP contribution in [0.4, 0.5) is 5.69 Å². The lowest BCUT2D eigenvalue weighted by molar-refractivity contribution is 0.615. The van der Waals surface area contributed by atoms with Crippen molar-refractivity contribution in [1.29, 1.82) is 0 Å². The number of hydrogen-bond acceptors (Lipinski definition) is 1. The second kappa shape index (κ2) is 4.66. The standard InChI is InChI=1S/C16H16ClN/c1-11-9-14(12-5-3-2-4-6-12)15-10-13(17)7-8-16(15)18-11/h2-8,10-11,14,18H,9H2,1H3. The van der Waals surface area contributed by atoms with E-state index in [1.807, 2.05) is 6.07 Å². The molecule has 1 aliphatic rings. The maximum absolute atomic E-state index is 6.14. The number of rotatable bonds is 1. The molecule has 0 spiro atoms. The van der Waals surface area contributed by atoms with Gasteiger partial charge < -0.3 is 5.32 Å². The number of benzene rings is 2. The molecule has 2 unspecified atom stereocenters. The zero-order chi connectivity index (χ0) is 12.5. The number of nitrogens with one attached hydrogen (secondary N) is 1. The average molecular weight is 258 g/mol. The Labute approximate surface area is 113 Å². The first kappa shape index (κ1) is 11.6. The summed E-state index contributed by atoms with van der Waals surface area (Å²) in [7, 11) is 0. The van der Waals surface area contributed by atoms with Crippen LogP contribution in [0.3, 0.4) is 0 Å². The molecule has 0 fully saturated rings. The van der Waals surface area contributed by atoms with Gasteiger partial charge in [-0.05, 0) is 42.7 Å². The van der Waals surface area contributed by atoms with Crippen molar-refractivity contribution in [2.45, 2.75) is 25.3 Å². The van der Waals surface area contributed by atoms with E-state index in [1.165, 1.54) is 16.8 Å². The molecule has 2 heteroatoms. The summed E-state index contributed by atoms with van der Waals surface area (Å²) in [5.74, 6) is 0.441. The van der Waals surface area contributed by atoms with Gasteiger partial charge in [-0.3, -0.25) is 0 Å². The van der Waals surface area contributed by atoms with Crippen LogP contribution in [0.1, 0.15) is 30.4 Å². The highest BCUT2D eigenvalue weighted by atomic mass is 35.5. The third-order valence-electron chi connectivity index (χ3n) is 3.58. The van der Waals surface area contributed by atoms with E-state index in [9.17, 15) is 0 Å². The molecule has 0 radical (unpaired) electrons. The molecule has 0 bridgehead atoms. The Balaban J connectivity index is 2.09. The first-order valence-electron chi connectivity index (χ1n) is 6.35. The molecule has 2 aromatic rings. The summed E-state index contributed by atoms with van der Waals surface area (Å²) in [6.07, 6.45) is 1.11. The quantitative estimate of drug-likeness (QED) is 0.782. The van der Waals surface area contributed by atoms with E-state index < -0.39 is 0 Å². The molecule has 18 heavy (non-hydrogen) atoms. The van der Waals surface area contributed by atoms with E-state index in [0.29, 0.717) is 12.0 Å². The molecule has 92 valence electrons. The zero-order valence-electron chi connectivity index (χ0n) is 10.4. The fourth-order valence-electron chi connectivity index (χ4n) is 2.76. The van der Waals surface area contributed by atoms with Gasteiger partial charge in [-0.2, -0.15) is 0 Å².